The molecule has 0 aromatic heterocycles. The fraction of sp³-hybridized carbons (Fsp3) is 1.00. The molecule has 0 aliphatic rings. The van der Waals surface area contributed by atoms with Crippen LogP contribution in [0.5, 0.6) is 0 Å². The van der Waals surface area contributed by atoms with Crippen LogP contribution >= 0.6 is 0 Å². The van der Waals surface area contributed by atoms with Crippen molar-refractivity contribution in [2.24, 2.45) is 0 Å². The standard InChI is InChI=1S/C20H45GeN/c1-6-9-12-15-18-21(22(4)5,19-16-13-10-7-2)20-17-14-11-8-3/h6-20H2,1-5H3. The fourth-order valence-electron chi connectivity index (χ4n) is 3.69. The Balaban J connectivity index is 4.48. The first-order valence-electron chi connectivity index (χ1n) is 10.3. The predicted molar refractivity (Wildman–Crippen MR) is 106 cm³/mol. The van der Waals surface area contributed by atoms with E-state index < -0.39 is 13.5 Å². The van der Waals surface area contributed by atoms with Gasteiger partial charge in [0.15, 0.2) is 0 Å². The Labute approximate surface area is 145 Å². The normalized spacial score (nSPS) is 12.3. The minimum absolute atomic E-state index is 1.37. The Morgan fingerprint density at radius 1 is 0.500 bits per heavy atom. The fourth-order valence-corrected chi connectivity index (χ4v) is 13.8. The zero-order chi connectivity index (χ0) is 16.7. The number of unbranched alkanes of at least 4 members (excludes halogenated alkanes) is 9. The van der Waals surface area contributed by atoms with Gasteiger partial charge >= 0.3 is 145 Å². The van der Waals surface area contributed by atoms with Crippen molar-refractivity contribution < 1.29 is 0 Å². The van der Waals surface area contributed by atoms with E-state index in [1.807, 2.05) is 0 Å². The van der Waals surface area contributed by atoms with Gasteiger partial charge in [-0.1, -0.05) is 0 Å². The molecule has 22 heavy (non-hydrogen) atoms. The van der Waals surface area contributed by atoms with Gasteiger partial charge in [0.1, 0.15) is 0 Å². The molecule has 0 aromatic carbocycles. The van der Waals surface area contributed by atoms with E-state index in [1.54, 1.807) is 15.8 Å². The minimum atomic E-state index is -1.77. The summed E-state index contributed by atoms with van der Waals surface area (Å²) in [5.41, 5.74) is 0. The molecule has 0 spiro atoms. The second kappa shape index (κ2) is 15.1. The SMILES string of the molecule is CCCCC[CH2][Ge]([CH2]CCCCC)([CH2]CCCCC)[N](C)C. The van der Waals surface area contributed by atoms with Crippen molar-refractivity contribution in [1.82, 2.24) is 3.86 Å². The summed E-state index contributed by atoms with van der Waals surface area (Å²) < 4.78 is 2.77. The van der Waals surface area contributed by atoms with Crippen LogP contribution in [0.4, 0.5) is 0 Å². The van der Waals surface area contributed by atoms with Crippen molar-refractivity contribution in [3.8, 4) is 0 Å². The van der Waals surface area contributed by atoms with Crippen molar-refractivity contribution >= 4 is 13.5 Å². The van der Waals surface area contributed by atoms with E-state index in [-0.39, 0.29) is 0 Å². The number of hydrogen-bond acceptors (Lipinski definition) is 1. The van der Waals surface area contributed by atoms with Crippen molar-refractivity contribution in [3.05, 3.63) is 0 Å². The van der Waals surface area contributed by atoms with Crippen LogP contribution < -0.4 is 0 Å². The van der Waals surface area contributed by atoms with Gasteiger partial charge in [-0.3, -0.25) is 0 Å². The van der Waals surface area contributed by atoms with Gasteiger partial charge in [-0.15, -0.1) is 0 Å². The summed E-state index contributed by atoms with van der Waals surface area (Å²) >= 11 is -1.77. The van der Waals surface area contributed by atoms with Gasteiger partial charge in [-0.25, -0.2) is 0 Å². The van der Waals surface area contributed by atoms with Crippen LogP contribution in [0.3, 0.4) is 0 Å². The van der Waals surface area contributed by atoms with Crippen LogP contribution in [0.15, 0.2) is 0 Å². The Morgan fingerprint density at radius 2 is 0.818 bits per heavy atom. The number of rotatable bonds is 16. The van der Waals surface area contributed by atoms with Crippen molar-refractivity contribution in [2.75, 3.05) is 14.1 Å². The van der Waals surface area contributed by atoms with E-state index in [0.717, 1.165) is 0 Å². The monoisotopic (exact) mass is 373 g/mol. The molecule has 0 aliphatic heterocycles. The van der Waals surface area contributed by atoms with Gasteiger partial charge in [-0.2, -0.15) is 0 Å². The summed E-state index contributed by atoms with van der Waals surface area (Å²) in [5, 5.41) is 4.81. The molecule has 0 aromatic rings. The summed E-state index contributed by atoms with van der Waals surface area (Å²) in [4.78, 5) is 0. The Kier molecular flexibility index (Phi) is 15.4. The van der Waals surface area contributed by atoms with Crippen LogP contribution in [-0.2, 0) is 0 Å². The predicted octanol–water partition coefficient (Wildman–Crippen LogP) is 7.23. The molecule has 0 unspecified atom stereocenters. The van der Waals surface area contributed by atoms with Crippen LogP contribution in [-0.4, -0.2) is 31.4 Å². The average Bonchev–Trinajstić information content (AvgIpc) is 2.51. The second-order valence-corrected chi connectivity index (χ2v) is 17.7. The molecule has 1 nitrogen and oxygen atoms in total. The van der Waals surface area contributed by atoms with Crippen molar-refractivity contribution in [2.45, 2.75) is 114 Å². The van der Waals surface area contributed by atoms with Gasteiger partial charge < -0.3 is 0 Å². The molecule has 0 rings (SSSR count). The van der Waals surface area contributed by atoms with E-state index in [9.17, 15) is 0 Å². The number of nitrogens with zero attached hydrogens (tertiary/aromatic N) is 1. The molecule has 2 heteroatoms. The van der Waals surface area contributed by atoms with E-state index >= 15 is 0 Å². The quantitative estimate of drug-likeness (QED) is 0.204. The third-order valence-corrected chi connectivity index (χ3v) is 17.5. The summed E-state index contributed by atoms with van der Waals surface area (Å²) in [7, 11) is 4.83. The van der Waals surface area contributed by atoms with E-state index in [4.69, 9.17) is 0 Å². The van der Waals surface area contributed by atoms with Crippen LogP contribution in [0.25, 0.3) is 0 Å². The van der Waals surface area contributed by atoms with Gasteiger partial charge in [0, 0.05) is 0 Å². The maximum atomic E-state index is 2.77. The summed E-state index contributed by atoms with van der Waals surface area (Å²) in [6.45, 7) is 6.99. The molecule has 0 aliphatic carbocycles. The zero-order valence-corrected chi connectivity index (χ0v) is 18.7. The summed E-state index contributed by atoms with van der Waals surface area (Å²) in [5.74, 6) is 0. The first kappa shape index (κ1) is 22.5. The van der Waals surface area contributed by atoms with Gasteiger partial charge in [-0.05, 0) is 0 Å². The molecule has 0 radical (unpaired) electrons. The molecule has 0 atom stereocenters. The molecule has 0 N–H and O–H groups in total. The van der Waals surface area contributed by atoms with E-state index in [1.165, 1.54) is 77.0 Å². The Hall–Kier alpha value is 0.503. The van der Waals surface area contributed by atoms with Crippen molar-refractivity contribution in [3.63, 3.8) is 0 Å². The van der Waals surface area contributed by atoms with Crippen LogP contribution in [0, 0.1) is 0 Å². The topological polar surface area (TPSA) is 3.24 Å². The first-order valence-corrected chi connectivity index (χ1v) is 15.7. The molecule has 0 amide bonds. The molecule has 0 fully saturated rings. The molecular formula is C20H45GeN. The molecule has 0 saturated carbocycles. The van der Waals surface area contributed by atoms with Gasteiger partial charge in [0.05, 0.1) is 0 Å². The third-order valence-electron chi connectivity index (χ3n) is 5.44. The molecule has 134 valence electrons. The van der Waals surface area contributed by atoms with E-state index in [2.05, 4.69) is 38.7 Å². The second-order valence-electron chi connectivity index (χ2n) is 7.55. The molecular weight excluding hydrogens is 327 g/mol. The molecule has 0 bridgehead atoms. The summed E-state index contributed by atoms with van der Waals surface area (Å²) in [6.07, 6.45) is 17.4. The van der Waals surface area contributed by atoms with Crippen molar-refractivity contribution in [1.29, 1.82) is 0 Å². The number of hydrogen-bond donors (Lipinski definition) is 0. The van der Waals surface area contributed by atoms with Gasteiger partial charge in [0.25, 0.3) is 0 Å². The Bertz CT molecular complexity index is 196. The average molecular weight is 372 g/mol. The Morgan fingerprint density at radius 3 is 1.05 bits per heavy atom. The molecule has 0 saturated heterocycles. The van der Waals surface area contributed by atoms with Crippen LogP contribution in [0.1, 0.15) is 97.8 Å². The van der Waals surface area contributed by atoms with Gasteiger partial charge in [0.2, 0.25) is 0 Å². The van der Waals surface area contributed by atoms with Crippen LogP contribution in [0.2, 0.25) is 15.8 Å². The zero-order valence-electron chi connectivity index (χ0n) is 16.6. The maximum absolute atomic E-state index is 2.77. The third kappa shape index (κ3) is 10.3. The molecule has 0 heterocycles. The first-order chi connectivity index (χ1) is 10.6. The van der Waals surface area contributed by atoms with E-state index in [0.29, 0.717) is 0 Å². The summed E-state index contributed by atoms with van der Waals surface area (Å²) in [6, 6.07) is 0.